The zero-order valence-electron chi connectivity index (χ0n) is 20.8. The predicted molar refractivity (Wildman–Crippen MR) is 130 cm³/mol. The number of hydrogen-bond acceptors (Lipinski definition) is 5. The van der Waals surface area contributed by atoms with Gasteiger partial charge in [-0.2, -0.15) is 0 Å². The molecule has 0 radical (unpaired) electrons. The molecule has 0 fully saturated rings. The first-order chi connectivity index (χ1) is 15.6. The average Bonchev–Trinajstić information content (AvgIpc) is 2.76. The molecule has 2 aromatic carbocycles. The first-order valence-electron chi connectivity index (χ1n) is 11.4. The van der Waals surface area contributed by atoms with Gasteiger partial charge in [0.15, 0.2) is 11.5 Å². The molecule has 2 amide bonds. The molecule has 0 aromatic heterocycles. The molecule has 1 aliphatic heterocycles. The fourth-order valence-corrected chi connectivity index (χ4v) is 4.42. The van der Waals surface area contributed by atoms with Gasteiger partial charge in [0.1, 0.15) is 5.75 Å². The Morgan fingerprint density at radius 2 is 1.70 bits per heavy atom. The fourth-order valence-electron chi connectivity index (χ4n) is 4.42. The minimum Gasteiger partial charge on any atom is -0.497 e. The molecule has 180 valence electrons. The number of carbonyl (C=O) groups is 1. The van der Waals surface area contributed by atoms with Crippen LogP contribution in [0.25, 0.3) is 0 Å². The fraction of sp³-hybridized carbons (Fsp3) is 0.500. The second-order valence-corrected chi connectivity index (χ2v) is 9.56. The lowest BCUT2D eigenvalue weighted by Crippen LogP contribution is -2.53. The van der Waals surface area contributed by atoms with Crippen molar-refractivity contribution >= 4 is 6.03 Å². The van der Waals surface area contributed by atoms with Crippen LogP contribution in [0.4, 0.5) is 4.79 Å². The number of amides is 2. The summed E-state index contributed by atoms with van der Waals surface area (Å²) in [6.07, 6.45) is 0.892. The van der Waals surface area contributed by atoms with Gasteiger partial charge in [-0.05, 0) is 75.1 Å². The number of ether oxygens (including phenoxy) is 3. The zero-order chi connectivity index (χ0) is 24.2. The van der Waals surface area contributed by atoms with Crippen molar-refractivity contribution in [2.24, 2.45) is 0 Å². The molecule has 0 saturated carbocycles. The molecule has 7 nitrogen and oxygen atoms in total. The van der Waals surface area contributed by atoms with E-state index < -0.39 is 0 Å². The Morgan fingerprint density at radius 1 is 1.06 bits per heavy atom. The number of fused-ring (bicyclic) bond motifs is 1. The lowest BCUT2D eigenvalue weighted by Gasteiger charge is -2.41. The highest BCUT2D eigenvalue weighted by Crippen LogP contribution is 2.40. The molecule has 2 N–H and O–H groups in total. The third kappa shape index (κ3) is 6.11. The van der Waals surface area contributed by atoms with E-state index in [0.717, 1.165) is 36.6 Å². The lowest BCUT2D eigenvalue weighted by molar-refractivity contribution is 0.142. The van der Waals surface area contributed by atoms with Crippen LogP contribution in [0.5, 0.6) is 17.2 Å². The van der Waals surface area contributed by atoms with Gasteiger partial charge in [-0.15, -0.1) is 0 Å². The average molecular weight is 456 g/mol. The van der Waals surface area contributed by atoms with Gasteiger partial charge in [0.25, 0.3) is 0 Å². The third-order valence-electron chi connectivity index (χ3n) is 5.89. The Balaban J connectivity index is 1.94. The number of benzene rings is 2. The third-order valence-corrected chi connectivity index (χ3v) is 5.89. The number of urea groups is 1. The van der Waals surface area contributed by atoms with Crippen molar-refractivity contribution in [3.63, 3.8) is 0 Å². The van der Waals surface area contributed by atoms with Crippen LogP contribution in [0.15, 0.2) is 36.4 Å². The standard InChI is InChI=1S/C26H37N3O4/c1-17(27-25(30)28-26(2,3)4)24-21-15-23(33-7)22(32-6)14-19(21)12-13-29(24)16-18-8-10-20(31-5)11-9-18/h8-11,14-15,17,24H,12-13,16H2,1-7H3,(H2,27,28,30)/t17-,24-/m1/s1. The highest BCUT2D eigenvalue weighted by atomic mass is 16.5. The largest absolute Gasteiger partial charge is 0.497 e. The van der Waals surface area contributed by atoms with Gasteiger partial charge in [-0.25, -0.2) is 4.79 Å². The van der Waals surface area contributed by atoms with Crippen LogP contribution in [0.3, 0.4) is 0 Å². The predicted octanol–water partition coefficient (Wildman–Crippen LogP) is 4.30. The second kappa shape index (κ2) is 10.3. The Morgan fingerprint density at radius 3 is 2.27 bits per heavy atom. The van der Waals surface area contributed by atoms with E-state index in [-0.39, 0.29) is 23.7 Å². The van der Waals surface area contributed by atoms with Crippen molar-refractivity contribution in [3.05, 3.63) is 53.1 Å². The van der Waals surface area contributed by atoms with Gasteiger partial charge in [0, 0.05) is 24.7 Å². The van der Waals surface area contributed by atoms with Crippen LogP contribution in [-0.2, 0) is 13.0 Å². The summed E-state index contributed by atoms with van der Waals surface area (Å²) in [5, 5.41) is 6.17. The second-order valence-electron chi connectivity index (χ2n) is 9.56. The van der Waals surface area contributed by atoms with E-state index in [9.17, 15) is 4.79 Å². The van der Waals surface area contributed by atoms with E-state index in [1.165, 1.54) is 11.1 Å². The first kappa shape index (κ1) is 24.7. The molecule has 1 heterocycles. The molecule has 2 aromatic rings. The number of carbonyl (C=O) groups excluding carboxylic acids is 1. The summed E-state index contributed by atoms with van der Waals surface area (Å²) >= 11 is 0. The van der Waals surface area contributed by atoms with Gasteiger partial charge in [-0.1, -0.05) is 12.1 Å². The van der Waals surface area contributed by atoms with Crippen LogP contribution in [0.2, 0.25) is 0 Å². The summed E-state index contributed by atoms with van der Waals surface area (Å²) in [4.78, 5) is 15.1. The Kier molecular flexibility index (Phi) is 7.74. The normalized spacial score (nSPS) is 17.0. The van der Waals surface area contributed by atoms with Gasteiger partial charge < -0.3 is 24.8 Å². The Labute approximate surface area is 197 Å². The van der Waals surface area contributed by atoms with Crippen molar-refractivity contribution in [2.45, 2.75) is 58.3 Å². The molecule has 33 heavy (non-hydrogen) atoms. The molecule has 7 heteroatoms. The van der Waals surface area contributed by atoms with Gasteiger partial charge in [0.05, 0.1) is 27.4 Å². The minimum absolute atomic E-state index is 0.0265. The smallest absolute Gasteiger partial charge is 0.315 e. The highest BCUT2D eigenvalue weighted by Gasteiger charge is 2.34. The van der Waals surface area contributed by atoms with Crippen molar-refractivity contribution in [3.8, 4) is 17.2 Å². The van der Waals surface area contributed by atoms with Gasteiger partial charge in [0.2, 0.25) is 0 Å². The molecule has 0 bridgehead atoms. The summed E-state index contributed by atoms with van der Waals surface area (Å²) < 4.78 is 16.4. The molecule has 3 rings (SSSR count). The van der Waals surface area contributed by atoms with E-state index in [1.807, 2.05) is 32.9 Å². The summed E-state index contributed by atoms with van der Waals surface area (Å²) in [7, 11) is 4.97. The SMILES string of the molecule is COc1ccc(CN2CCc3cc(OC)c(OC)cc3[C@H]2[C@@H](C)NC(=O)NC(C)(C)C)cc1. The first-order valence-corrected chi connectivity index (χ1v) is 11.4. The molecule has 2 atom stereocenters. The summed E-state index contributed by atoms with van der Waals surface area (Å²) in [5.74, 6) is 2.26. The molecular formula is C26H37N3O4. The van der Waals surface area contributed by atoms with Crippen molar-refractivity contribution < 1.29 is 19.0 Å². The number of rotatable bonds is 7. The summed E-state index contributed by atoms with van der Waals surface area (Å²) in [6, 6.07) is 11.9. The lowest BCUT2D eigenvalue weighted by atomic mass is 9.87. The van der Waals surface area contributed by atoms with E-state index >= 15 is 0 Å². The molecule has 0 saturated heterocycles. The van der Waals surface area contributed by atoms with E-state index in [2.05, 4.69) is 46.7 Å². The maximum Gasteiger partial charge on any atom is 0.315 e. The van der Waals surface area contributed by atoms with Crippen LogP contribution < -0.4 is 24.8 Å². The van der Waals surface area contributed by atoms with Crippen LogP contribution in [0, 0.1) is 0 Å². The zero-order valence-corrected chi connectivity index (χ0v) is 20.8. The maximum atomic E-state index is 12.7. The number of hydrogen-bond donors (Lipinski definition) is 2. The Bertz CT molecular complexity index is 953. The van der Waals surface area contributed by atoms with Crippen molar-refractivity contribution in [2.75, 3.05) is 27.9 Å². The van der Waals surface area contributed by atoms with E-state index in [4.69, 9.17) is 14.2 Å². The van der Waals surface area contributed by atoms with Gasteiger partial charge in [-0.3, -0.25) is 4.90 Å². The van der Waals surface area contributed by atoms with Gasteiger partial charge >= 0.3 is 6.03 Å². The number of nitrogens with zero attached hydrogens (tertiary/aromatic N) is 1. The number of methoxy groups -OCH3 is 3. The van der Waals surface area contributed by atoms with E-state index in [1.54, 1.807) is 21.3 Å². The van der Waals surface area contributed by atoms with E-state index in [0.29, 0.717) is 5.75 Å². The summed E-state index contributed by atoms with van der Waals surface area (Å²) in [6.45, 7) is 9.60. The topological polar surface area (TPSA) is 72.1 Å². The highest BCUT2D eigenvalue weighted by molar-refractivity contribution is 5.75. The summed E-state index contributed by atoms with van der Waals surface area (Å²) in [5.41, 5.74) is 3.24. The molecule has 0 aliphatic carbocycles. The van der Waals surface area contributed by atoms with Crippen molar-refractivity contribution in [1.82, 2.24) is 15.5 Å². The van der Waals surface area contributed by atoms with Crippen LogP contribution in [-0.4, -0.2) is 50.4 Å². The quantitative estimate of drug-likeness (QED) is 0.651. The minimum atomic E-state index is -0.312. The monoisotopic (exact) mass is 455 g/mol. The number of nitrogens with one attached hydrogen (secondary N) is 2. The molecule has 0 unspecified atom stereocenters. The molecule has 0 spiro atoms. The maximum absolute atomic E-state index is 12.7. The van der Waals surface area contributed by atoms with Crippen LogP contribution >= 0.6 is 0 Å². The van der Waals surface area contributed by atoms with Crippen molar-refractivity contribution in [1.29, 1.82) is 0 Å². The van der Waals surface area contributed by atoms with Crippen LogP contribution in [0.1, 0.15) is 50.4 Å². The molecule has 1 aliphatic rings. The Hall–Kier alpha value is -2.93. The molecular weight excluding hydrogens is 418 g/mol.